The Bertz CT molecular complexity index is 914. The molecule has 1 amide bonds. The molecule has 2 heterocycles. The molecule has 0 saturated carbocycles. The number of carbonyl (C=O) groups is 1. The van der Waals surface area contributed by atoms with Gasteiger partial charge in [0.05, 0.1) is 14.2 Å². The van der Waals surface area contributed by atoms with E-state index in [0.717, 1.165) is 25.0 Å². The highest BCUT2D eigenvalue weighted by Crippen LogP contribution is 2.32. The van der Waals surface area contributed by atoms with Gasteiger partial charge >= 0.3 is 0 Å². The summed E-state index contributed by atoms with van der Waals surface area (Å²) in [5.74, 6) is 1.57. The highest BCUT2D eigenvalue weighted by molar-refractivity contribution is 5.95. The van der Waals surface area contributed by atoms with E-state index in [1.54, 1.807) is 32.4 Å². The largest absolute Gasteiger partial charge is 0.493 e. The predicted molar refractivity (Wildman–Crippen MR) is 101 cm³/mol. The zero-order chi connectivity index (χ0) is 18.1. The standard InChI is InChI=1S/C21H22N2O3/c1-25-19-8-7-15(12-20(19)26-2)21(24)23-10-9-16(13-23)18-11-14-5-3-4-6-17(14)22-18/h3-8,11-12,16,22H,9-10,13H2,1-2H3. The maximum Gasteiger partial charge on any atom is 0.254 e. The van der Waals surface area contributed by atoms with Crippen LogP contribution in [-0.4, -0.2) is 43.1 Å². The summed E-state index contributed by atoms with van der Waals surface area (Å²) in [6.45, 7) is 1.48. The maximum absolute atomic E-state index is 12.9. The lowest BCUT2D eigenvalue weighted by Crippen LogP contribution is -2.28. The fraction of sp³-hybridized carbons (Fsp3) is 0.286. The Morgan fingerprint density at radius 3 is 2.65 bits per heavy atom. The van der Waals surface area contributed by atoms with E-state index in [4.69, 9.17) is 9.47 Å². The van der Waals surface area contributed by atoms with Crippen molar-refractivity contribution in [3.63, 3.8) is 0 Å². The van der Waals surface area contributed by atoms with Gasteiger partial charge in [0.15, 0.2) is 11.5 Å². The minimum absolute atomic E-state index is 0.0320. The number of aromatic nitrogens is 1. The van der Waals surface area contributed by atoms with Gasteiger partial charge in [-0.2, -0.15) is 0 Å². The summed E-state index contributed by atoms with van der Waals surface area (Å²) in [7, 11) is 3.17. The van der Waals surface area contributed by atoms with E-state index in [-0.39, 0.29) is 5.91 Å². The number of benzene rings is 2. The Morgan fingerprint density at radius 2 is 1.88 bits per heavy atom. The van der Waals surface area contributed by atoms with Crippen LogP contribution in [0.15, 0.2) is 48.5 Å². The fourth-order valence-corrected chi connectivity index (χ4v) is 3.67. The van der Waals surface area contributed by atoms with Crippen molar-refractivity contribution in [3.05, 3.63) is 59.8 Å². The van der Waals surface area contributed by atoms with Gasteiger partial charge in [0.2, 0.25) is 0 Å². The van der Waals surface area contributed by atoms with Crippen LogP contribution >= 0.6 is 0 Å². The van der Waals surface area contributed by atoms with Gasteiger partial charge in [-0.1, -0.05) is 18.2 Å². The molecule has 5 heteroatoms. The third-order valence-corrected chi connectivity index (χ3v) is 5.10. The number of nitrogens with zero attached hydrogens (tertiary/aromatic N) is 1. The molecule has 4 rings (SSSR count). The predicted octanol–water partition coefficient (Wildman–Crippen LogP) is 3.81. The van der Waals surface area contributed by atoms with Crippen LogP contribution in [0.5, 0.6) is 11.5 Å². The van der Waals surface area contributed by atoms with Gasteiger partial charge in [-0.05, 0) is 42.1 Å². The third kappa shape index (κ3) is 2.90. The smallest absolute Gasteiger partial charge is 0.254 e. The Morgan fingerprint density at radius 1 is 1.08 bits per heavy atom. The number of H-pyrrole nitrogens is 1. The number of fused-ring (bicyclic) bond motifs is 1. The maximum atomic E-state index is 12.9. The first kappa shape index (κ1) is 16.5. The van der Waals surface area contributed by atoms with Crippen molar-refractivity contribution in [2.24, 2.45) is 0 Å². The summed E-state index contributed by atoms with van der Waals surface area (Å²) in [4.78, 5) is 18.3. The summed E-state index contributed by atoms with van der Waals surface area (Å²) >= 11 is 0. The van der Waals surface area contributed by atoms with Crippen LogP contribution in [0, 0.1) is 0 Å². The quantitative estimate of drug-likeness (QED) is 0.778. The molecule has 0 aliphatic carbocycles. The van der Waals surface area contributed by atoms with E-state index < -0.39 is 0 Å². The molecule has 1 atom stereocenters. The van der Waals surface area contributed by atoms with Gasteiger partial charge < -0.3 is 19.4 Å². The van der Waals surface area contributed by atoms with E-state index in [1.807, 2.05) is 17.0 Å². The second-order valence-electron chi connectivity index (χ2n) is 6.62. The fourth-order valence-electron chi connectivity index (χ4n) is 3.67. The second-order valence-corrected chi connectivity index (χ2v) is 6.62. The molecule has 1 saturated heterocycles. The molecule has 0 spiro atoms. The first-order valence-corrected chi connectivity index (χ1v) is 8.78. The van der Waals surface area contributed by atoms with Crippen molar-refractivity contribution in [1.82, 2.24) is 9.88 Å². The number of likely N-dealkylation sites (tertiary alicyclic amines) is 1. The van der Waals surface area contributed by atoms with E-state index >= 15 is 0 Å². The normalized spacial score (nSPS) is 16.8. The molecule has 1 aliphatic rings. The van der Waals surface area contributed by atoms with Crippen LogP contribution in [0.4, 0.5) is 0 Å². The van der Waals surface area contributed by atoms with Crippen molar-refractivity contribution in [2.75, 3.05) is 27.3 Å². The molecule has 2 aromatic carbocycles. The molecule has 1 unspecified atom stereocenters. The van der Waals surface area contributed by atoms with E-state index in [1.165, 1.54) is 11.1 Å². The van der Waals surface area contributed by atoms with Crippen LogP contribution in [0.3, 0.4) is 0 Å². The molecular formula is C21H22N2O3. The minimum Gasteiger partial charge on any atom is -0.493 e. The highest BCUT2D eigenvalue weighted by Gasteiger charge is 2.29. The first-order valence-electron chi connectivity index (χ1n) is 8.78. The van der Waals surface area contributed by atoms with Crippen molar-refractivity contribution >= 4 is 16.8 Å². The third-order valence-electron chi connectivity index (χ3n) is 5.10. The molecule has 0 radical (unpaired) electrons. The number of hydrogen-bond donors (Lipinski definition) is 1. The van der Waals surface area contributed by atoms with Crippen molar-refractivity contribution in [1.29, 1.82) is 0 Å². The molecule has 3 aromatic rings. The molecule has 0 bridgehead atoms. The monoisotopic (exact) mass is 350 g/mol. The number of carbonyl (C=O) groups excluding carboxylic acids is 1. The van der Waals surface area contributed by atoms with Crippen LogP contribution in [0.1, 0.15) is 28.4 Å². The Kier molecular flexibility index (Phi) is 4.29. The molecule has 134 valence electrons. The number of aromatic amines is 1. The number of ether oxygens (including phenoxy) is 2. The number of nitrogens with one attached hydrogen (secondary N) is 1. The van der Waals surface area contributed by atoms with Crippen LogP contribution in [-0.2, 0) is 0 Å². The summed E-state index contributed by atoms with van der Waals surface area (Å²) in [5.41, 5.74) is 2.97. The number of para-hydroxylation sites is 1. The van der Waals surface area contributed by atoms with Crippen molar-refractivity contribution in [2.45, 2.75) is 12.3 Å². The van der Waals surface area contributed by atoms with E-state index in [9.17, 15) is 4.79 Å². The Hall–Kier alpha value is -2.95. The number of rotatable bonds is 4. The lowest BCUT2D eigenvalue weighted by molar-refractivity contribution is 0.0790. The van der Waals surface area contributed by atoms with Gasteiger partial charge in [0.25, 0.3) is 5.91 Å². The van der Waals surface area contributed by atoms with Crippen LogP contribution in [0.2, 0.25) is 0 Å². The van der Waals surface area contributed by atoms with Crippen LogP contribution in [0.25, 0.3) is 10.9 Å². The summed E-state index contributed by atoms with van der Waals surface area (Å²) in [5, 5.41) is 1.21. The SMILES string of the molecule is COc1ccc(C(=O)N2CCC(c3cc4ccccc4[nH]3)C2)cc1OC. The average Bonchev–Trinajstić information content (AvgIpc) is 3.33. The van der Waals surface area contributed by atoms with Crippen LogP contribution < -0.4 is 9.47 Å². The van der Waals surface area contributed by atoms with Gasteiger partial charge in [0.1, 0.15) is 0 Å². The van der Waals surface area contributed by atoms with Gasteiger partial charge in [-0.15, -0.1) is 0 Å². The van der Waals surface area contributed by atoms with Gasteiger partial charge in [-0.3, -0.25) is 4.79 Å². The van der Waals surface area contributed by atoms with Crippen molar-refractivity contribution in [3.8, 4) is 11.5 Å². The zero-order valence-electron chi connectivity index (χ0n) is 15.0. The topological polar surface area (TPSA) is 54.6 Å². The lowest BCUT2D eigenvalue weighted by Gasteiger charge is -2.17. The molecule has 1 N–H and O–H groups in total. The molecule has 1 fully saturated rings. The molecule has 1 aliphatic heterocycles. The minimum atomic E-state index is 0.0320. The lowest BCUT2D eigenvalue weighted by atomic mass is 10.1. The number of hydrogen-bond acceptors (Lipinski definition) is 3. The second kappa shape index (κ2) is 6.75. The molecule has 1 aromatic heterocycles. The summed E-state index contributed by atoms with van der Waals surface area (Å²) in [6.07, 6.45) is 0.964. The van der Waals surface area contributed by atoms with Gasteiger partial charge in [-0.25, -0.2) is 0 Å². The average molecular weight is 350 g/mol. The Balaban J connectivity index is 1.52. The van der Waals surface area contributed by atoms with E-state index in [2.05, 4.69) is 23.2 Å². The number of methoxy groups -OCH3 is 2. The first-order chi connectivity index (χ1) is 12.7. The molecule has 26 heavy (non-hydrogen) atoms. The zero-order valence-corrected chi connectivity index (χ0v) is 15.0. The van der Waals surface area contributed by atoms with Gasteiger partial charge in [0, 0.05) is 35.8 Å². The van der Waals surface area contributed by atoms with Crippen molar-refractivity contribution < 1.29 is 14.3 Å². The van der Waals surface area contributed by atoms with E-state index in [0.29, 0.717) is 23.0 Å². The summed E-state index contributed by atoms with van der Waals surface area (Å²) < 4.78 is 10.6. The molecular weight excluding hydrogens is 328 g/mol. The number of amides is 1. The highest BCUT2D eigenvalue weighted by atomic mass is 16.5. The molecule has 5 nitrogen and oxygen atoms in total. The summed E-state index contributed by atoms with van der Waals surface area (Å²) in [6, 6.07) is 15.8. The Labute approximate surface area is 152 Å².